The molecular weight excluding hydrogens is 299 g/mol. The summed E-state index contributed by atoms with van der Waals surface area (Å²) in [5, 5.41) is 28.7. The first-order valence-corrected chi connectivity index (χ1v) is 6.41. The molecule has 1 heterocycles. The first-order chi connectivity index (χ1) is 11.1. The molecule has 0 amide bonds. The molecule has 3 N–H and O–H groups in total. The van der Waals surface area contributed by atoms with Crippen molar-refractivity contribution in [2.75, 3.05) is 5.32 Å². The van der Waals surface area contributed by atoms with Gasteiger partial charge in [0.2, 0.25) is 0 Å². The van der Waals surface area contributed by atoms with E-state index in [1.807, 2.05) is 0 Å². The van der Waals surface area contributed by atoms with E-state index in [0.717, 1.165) is 12.3 Å². The van der Waals surface area contributed by atoms with Crippen LogP contribution in [0.2, 0.25) is 0 Å². The van der Waals surface area contributed by atoms with Gasteiger partial charge in [0.05, 0.1) is 11.1 Å². The molecule has 0 unspecified atom stereocenters. The third kappa shape index (κ3) is 3.57. The van der Waals surface area contributed by atoms with Gasteiger partial charge in [-0.05, 0) is 29.8 Å². The van der Waals surface area contributed by atoms with Crippen molar-refractivity contribution in [1.82, 2.24) is 4.98 Å². The third-order valence-electron chi connectivity index (χ3n) is 2.97. The number of pyridine rings is 1. The van der Waals surface area contributed by atoms with E-state index < -0.39 is 11.7 Å². The number of halogens is 1. The van der Waals surface area contributed by atoms with E-state index in [2.05, 4.69) is 10.3 Å². The average Bonchev–Trinajstić information content (AvgIpc) is 2.56. The van der Waals surface area contributed by atoms with Crippen molar-refractivity contribution in [2.24, 2.45) is 0 Å². The first kappa shape index (κ1) is 15.9. The van der Waals surface area contributed by atoms with Crippen LogP contribution in [0.25, 0.3) is 5.57 Å². The second-order valence-electron chi connectivity index (χ2n) is 4.43. The normalized spacial score (nSPS) is 11.1. The molecular formula is C16H11FN4O2. The molecule has 1 aromatic carbocycles. The van der Waals surface area contributed by atoms with Crippen LogP contribution in [-0.4, -0.2) is 22.6 Å². The molecule has 0 aliphatic heterocycles. The summed E-state index contributed by atoms with van der Waals surface area (Å²) < 4.78 is 13.7. The number of aldehydes is 1. The number of aromatic nitrogens is 1. The van der Waals surface area contributed by atoms with E-state index in [-0.39, 0.29) is 22.5 Å². The zero-order valence-electron chi connectivity index (χ0n) is 11.7. The van der Waals surface area contributed by atoms with Crippen molar-refractivity contribution in [3.63, 3.8) is 0 Å². The number of hydrogen-bond acceptors (Lipinski definition) is 6. The Labute approximate surface area is 131 Å². The van der Waals surface area contributed by atoms with E-state index in [0.29, 0.717) is 11.8 Å². The van der Waals surface area contributed by atoms with Crippen LogP contribution in [0, 0.1) is 22.6 Å². The number of allylic oxidation sites excluding steroid dienone is 1. The third-order valence-corrected chi connectivity index (χ3v) is 2.97. The number of aliphatic hydroxyl groups is 1. The first-order valence-electron chi connectivity index (χ1n) is 6.41. The van der Waals surface area contributed by atoms with Crippen molar-refractivity contribution in [1.29, 1.82) is 10.7 Å². The molecule has 0 bridgehead atoms. The van der Waals surface area contributed by atoms with Crippen molar-refractivity contribution in [2.45, 2.75) is 0 Å². The van der Waals surface area contributed by atoms with Crippen LogP contribution >= 0.6 is 0 Å². The fraction of sp³-hybridized carbons (Fsp3) is 0. The Balaban J connectivity index is 2.34. The minimum atomic E-state index is -0.745. The van der Waals surface area contributed by atoms with Gasteiger partial charge in [0, 0.05) is 18.0 Å². The lowest BCUT2D eigenvalue weighted by Gasteiger charge is -2.09. The summed E-state index contributed by atoms with van der Waals surface area (Å²) in [6.07, 6.45) is 2.80. The number of aliphatic hydroxyl groups excluding tert-OH is 1. The quantitative estimate of drug-likeness (QED) is 0.447. The number of hydrogen-bond donors (Lipinski definition) is 3. The number of benzene rings is 1. The summed E-state index contributed by atoms with van der Waals surface area (Å²) in [5.74, 6) is -0.900. The Morgan fingerprint density at radius 3 is 2.70 bits per heavy atom. The average molecular weight is 310 g/mol. The van der Waals surface area contributed by atoms with Crippen molar-refractivity contribution in [3.05, 3.63) is 64.9 Å². The summed E-state index contributed by atoms with van der Waals surface area (Å²) in [4.78, 5) is 14.5. The molecule has 2 aromatic rings. The SMILES string of the molecule is N#Cc1ccc(/C(C=N)=C(\O)Nc2ccc(C=O)cn2)cc1F. The van der Waals surface area contributed by atoms with E-state index in [4.69, 9.17) is 10.7 Å². The highest BCUT2D eigenvalue weighted by Gasteiger charge is 2.10. The highest BCUT2D eigenvalue weighted by atomic mass is 19.1. The Hall–Kier alpha value is -3.53. The number of nitrogens with one attached hydrogen (secondary N) is 2. The van der Waals surface area contributed by atoms with Gasteiger partial charge in [-0.15, -0.1) is 0 Å². The fourth-order valence-corrected chi connectivity index (χ4v) is 1.80. The van der Waals surface area contributed by atoms with E-state index >= 15 is 0 Å². The highest BCUT2D eigenvalue weighted by Crippen LogP contribution is 2.20. The van der Waals surface area contributed by atoms with E-state index in [1.165, 1.54) is 30.5 Å². The smallest absolute Gasteiger partial charge is 0.199 e. The Morgan fingerprint density at radius 2 is 2.17 bits per heavy atom. The molecule has 1 aromatic heterocycles. The largest absolute Gasteiger partial charge is 0.494 e. The van der Waals surface area contributed by atoms with Gasteiger partial charge in [0.15, 0.2) is 12.2 Å². The number of nitrogens with zero attached hydrogens (tertiary/aromatic N) is 2. The summed E-state index contributed by atoms with van der Waals surface area (Å²) in [6, 6.07) is 8.41. The summed E-state index contributed by atoms with van der Waals surface area (Å²) in [6.45, 7) is 0. The molecule has 23 heavy (non-hydrogen) atoms. The van der Waals surface area contributed by atoms with E-state index in [9.17, 15) is 14.3 Å². The Kier molecular flexibility index (Phi) is 4.79. The van der Waals surface area contributed by atoms with Crippen LogP contribution in [-0.2, 0) is 0 Å². The summed E-state index contributed by atoms with van der Waals surface area (Å²) in [7, 11) is 0. The standard InChI is InChI=1S/C16H11FN4O2/c17-14-5-11(2-3-12(14)6-18)13(7-19)16(23)21-15-4-1-10(9-22)8-20-15/h1-5,7-9,19,23H,(H,20,21)/b16-13-,19-7?. The van der Waals surface area contributed by atoms with Crippen LogP contribution in [0.5, 0.6) is 0 Å². The van der Waals surface area contributed by atoms with Gasteiger partial charge in [0.25, 0.3) is 0 Å². The molecule has 0 aliphatic carbocycles. The number of rotatable bonds is 5. The van der Waals surface area contributed by atoms with Gasteiger partial charge in [-0.1, -0.05) is 6.07 Å². The lowest BCUT2D eigenvalue weighted by atomic mass is 10.0. The molecule has 0 atom stereocenters. The maximum Gasteiger partial charge on any atom is 0.199 e. The van der Waals surface area contributed by atoms with Gasteiger partial charge < -0.3 is 15.8 Å². The Morgan fingerprint density at radius 1 is 1.39 bits per heavy atom. The maximum atomic E-state index is 13.7. The van der Waals surface area contributed by atoms with Crippen LogP contribution < -0.4 is 5.32 Å². The predicted molar refractivity (Wildman–Crippen MR) is 82.7 cm³/mol. The zero-order chi connectivity index (χ0) is 16.8. The van der Waals surface area contributed by atoms with Gasteiger partial charge in [-0.2, -0.15) is 5.26 Å². The molecule has 2 rings (SSSR count). The second-order valence-corrected chi connectivity index (χ2v) is 4.43. The zero-order valence-corrected chi connectivity index (χ0v) is 11.7. The molecule has 0 saturated heterocycles. The molecule has 0 saturated carbocycles. The van der Waals surface area contributed by atoms with Crippen LogP contribution in [0.4, 0.5) is 10.2 Å². The monoisotopic (exact) mass is 310 g/mol. The van der Waals surface area contributed by atoms with Crippen molar-refractivity contribution >= 4 is 23.9 Å². The fourth-order valence-electron chi connectivity index (χ4n) is 1.80. The summed E-state index contributed by atoms with van der Waals surface area (Å²) in [5.41, 5.74) is 0.498. The summed E-state index contributed by atoms with van der Waals surface area (Å²) >= 11 is 0. The molecule has 0 aliphatic rings. The van der Waals surface area contributed by atoms with Crippen LogP contribution in [0.1, 0.15) is 21.5 Å². The topological polar surface area (TPSA) is 110 Å². The Bertz CT molecular complexity index is 823. The number of carbonyl (C=O) groups excluding carboxylic acids is 1. The molecule has 0 radical (unpaired) electrons. The van der Waals surface area contributed by atoms with Crippen LogP contribution in [0.15, 0.2) is 42.4 Å². The number of anilines is 1. The number of nitriles is 1. The van der Waals surface area contributed by atoms with Gasteiger partial charge >= 0.3 is 0 Å². The highest BCUT2D eigenvalue weighted by molar-refractivity contribution is 6.09. The minimum Gasteiger partial charge on any atom is -0.494 e. The van der Waals surface area contributed by atoms with E-state index in [1.54, 1.807) is 6.07 Å². The minimum absolute atomic E-state index is 0.0228. The van der Waals surface area contributed by atoms with Gasteiger partial charge in [0.1, 0.15) is 17.7 Å². The molecule has 6 nitrogen and oxygen atoms in total. The molecule has 0 spiro atoms. The second kappa shape index (κ2) is 6.95. The lowest BCUT2D eigenvalue weighted by Crippen LogP contribution is -2.05. The predicted octanol–water partition coefficient (Wildman–Crippen LogP) is 2.89. The molecule has 7 heteroatoms. The molecule has 0 fully saturated rings. The number of carbonyl (C=O) groups is 1. The maximum absolute atomic E-state index is 13.7. The van der Waals surface area contributed by atoms with Crippen LogP contribution in [0.3, 0.4) is 0 Å². The lowest BCUT2D eigenvalue weighted by molar-refractivity contribution is 0.112. The van der Waals surface area contributed by atoms with Gasteiger partial charge in [-0.25, -0.2) is 9.37 Å². The van der Waals surface area contributed by atoms with Crippen molar-refractivity contribution < 1.29 is 14.3 Å². The van der Waals surface area contributed by atoms with Crippen molar-refractivity contribution in [3.8, 4) is 6.07 Å². The van der Waals surface area contributed by atoms with Gasteiger partial charge in [-0.3, -0.25) is 4.79 Å². The molecule has 114 valence electrons.